The topological polar surface area (TPSA) is 26.3 Å². The first kappa shape index (κ1) is 13.8. The van der Waals surface area contributed by atoms with Gasteiger partial charge >= 0.3 is 5.97 Å². The van der Waals surface area contributed by atoms with Crippen LogP contribution in [0.2, 0.25) is 0 Å². The highest BCUT2D eigenvalue weighted by Gasteiger charge is 2.40. The quantitative estimate of drug-likeness (QED) is 0.632. The summed E-state index contributed by atoms with van der Waals surface area (Å²) in [6.45, 7) is 2.19. The van der Waals surface area contributed by atoms with Gasteiger partial charge in [-0.05, 0) is 24.3 Å². The summed E-state index contributed by atoms with van der Waals surface area (Å²) < 4.78 is 4.88. The number of benzene rings is 2. The van der Waals surface area contributed by atoms with E-state index in [4.69, 9.17) is 4.74 Å². The van der Waals surface area contributed by atoms with Crippen molar-refractivity contribution in [3.05, 3.63) is 60.7 Å². The predicted octanol–water partition coefficient (Wildman–Crippen LogP) is 2.46. The molecular weight excluding hydrogens is 255 g/mol. The lowest BCUT2D eigenvalue weighted by atomic mass is 10.4. The maximum absolute atomic E-state index is 11.8. The van der Waals surface area contributed by atoms with Crippen LogP contribution in [0.25, 0.3) is 0 Å². The van der Waals surface area contributed by atoms with Crippen LogP contribution in [-0.2, 0) is 9.53 Å². The standard InChI is InChI=1S/C16H18O2P/c1-18-16(17)13-19(2,14-9-5-3-6-10-14)15-11-7-4-8-12-15/h3-12H,13H2,1-2H3/q+1. The van der Waals surface area contributed by atoms with Crippen molar-refractivity contribution in [2.45, 2.75) is 0 Å². The second kappa shape index (κ2) is 5.99. The van der Waals surface area contributed by atoms with Crippen LogP contribution in [0.1, 0.15) is 0 Å². The molecule has 0 bridgehead atoms. The molecule has 2 aromatic rings. The zero-order chi connectivity index (χ0) is 13.7. The number of rotatable bonds is 4. The molecule has 0 unspecified atom stereocenters. The molecule has 0 aliphatic rings. The molecule has 0 aliphatic carbocycles. The van der Waals surface area contributed by atoms with Crippen LogP contribution in [0.15, 0.2) is 60.7 Å². The zero-order valence-corrected chi connectivity index (χ0v) is 12.1. The number of carbonyl (C=O) groups excluding carboxylic acids is 1. The Hall–Kier alpha value is -1.66. The fraction of sp³-hybridized carbons (Fsp3) is 0.188. The van der Waals surface area contributed by atoms with E-state index in [9.17, 15) is 4.79 Å². The maximum Gasteiger partial charge on any atom is 0.344 e. The number of hydrogen-bond acceptors (Lipinski definition) is 2. The van der Waals surface area contributed by atoms with Crippen LogP contribution < -0.4 is 10.6 Å². The minimum atomic E-state index is -1.72. The van der Waals surface area contributed by atoms with Crippen molar-refractivity contribution in [2.24, 2.45) is 0 Å². The predicted molar refractivity (Wildman–Crippen MR) is 81.9 cm³/mol. The van der Waals surface area contributed by atoms with E-state index in [1.807, 2.05) is 36.4 Å². The number of esters is 1. The SMILES string of the molecule is COC(=O)C[P+](C)(c1ccccc1)c1ccccc1. The van der Waals surface area contributed by atoms with E-state index in [-0.39, 0.29) is 5.97 Å². The Bertz CT molecular complexity index is 498. The van der Waals surface area contributed by atoms with Gasteiger partial charge in [0, 0.05) is 0 Å². The van der Waals surface area contributed by atoms with E-state index in [1.165, 1.54) is 17.7 Å². The summed E-state index contributed by atoms with van der Waals surface area (Å²) in [6.07, 6.45) is 0.442. The molecule has 2 rings (SSSR count). The lowest BCUT2D eigenvalue weighted by Gasteiger charge is -2.21. The van der Waals surface area contributed by atoms with Gasteiger partial charge in [0.2, 0.25) is 0 Å². The van der Waals surface area contributed by atoms with Gasteiger partial charge in [-0.25, -0.2) is 4.79 Å². The molecule has 98 valence electrons. The Kier molecular flexibility index (Phi) is 4.34. The van der Waals surface area contributed by atoms with Crippen LogP contribution in [0.4, 0.5) is 0 Å². The van der Waals surface area contributed by atoms with Gasteiger partial charge in [-0.1, -0.05) is 36.4 Å². The molecule has 0 spiro atoms. The molecule has 2 nitrogen and oxygen atoms in total. The average Bonchev–Trinajstić information content (AvgIpc) is 2.48. The monoisotopic (exact) mass is 273 g/mol. The van der Waals surface area contributed by atoms with Crippen LogP contribution >= 0.6 is 7.26 Å². The first-order valence-electron chi connectivity index (χ1n) is 6.20. The van der Waals surface area contributed by atoms with Gasteiger partial charge in [-0.3, -0.25) is 0 Å². The van der Waals surface area contributed by atoms with Gasteiger partial charge in [0.15, 0.2) is 6.16 Å². The summed E-state index contributed by atoms with van der Waals surface area (Å²) >= 11 is 0. The highest BCUT2D eigenvalue weighted by molar-refractivity contribution is 7.89. The van der Waals surface area contributed by atoms with E-state index in [0.29, 0.717) is 6.16 Å². The third-order valence-electron chi connectivity index (χ3n) is 3.33. The van der Waals surface area contributed by atoms with E-state index < -0.39 is 7.26 Å². The van der Waals surface area contributed by atoms with Gasteiger partial charge in [0.25, 0.3) is 0 Å². The van der Waals surface area contributed by atoms with Gasteiger partial charge in [-0.15, -0.1) is 0 Å². The van der Waals surface area contributed by atoms with E-state index >= 15 is 0 Å². The Balaban J connectivity index is 2.47. The third-order valence-corrected chi connectivity index (χ3v) is 7.09. The van der Waals surface area contributed by atoms with Gasteiger partial charge in [0.1, 0.15) is 0 Å². The summed E-state index contributed by atoms with van der Waals surface area (Å²) in [7, 11) is -0.274. The number of carbonyl (C=O) groups is 1. The Labute approximate surface area is 114 Å². The molecule has 0 fully saturated rings. The fourth-order valence-electron chi connectivity index (χ4n) is 2.17. The molecule has 2 aromatic carbocycles. The molecule has 19 heavy (non-hydrogen) atoms. The van der Waals surface area contributed by atoms with Gasteiger partial charge < -0.3 is 4.74 Å². The normalized spacial score (nSPS) is 11.1. The number of hydrogen-bond donors (Lipinski definition) is 0. The van der Waals surface area contributed by atoms with Crippen molar-refractivity contribution >= 4 is 23.8 Å². The maximum atomic E-state index is 11.8. The molecule has 0 saturated carbocycles. The Morgan fingerprint density at radius 3 is 1.74 bits per heavy atom. The molecule has 0 atom stereocenters. The van der Waals surface area contributed by atoms with Gasteiger partial charge in [0.05, 0.1) is 31.6 Å². The molecule has 0 radical (unpaired) electrons. The minimum Gasteiger partial charge on any atom is -0.466 e. The van der Waals surface area contributed by atoms with Crippen LogP contribution in [-0.4, -0.2) is 25.9 Å². The molecule has 0 saturated heterocycles. The van der Waals surface area contributed by atoms with Gasteiger partial charge in [-0.2, -0.15) is 0 Å². The highest BCUT2D eigenvalue weighted by Crippen LogP contribution is 2.52. The number of ether oxygens (including phenoxy) is 1. The van der Waals surface area contributed by atoms with Crippen molar-refractivity contribution < 1.29 is 9.53 Å². The van der Waals surface area contributed by atoms with E-state index in [0.717, 1.165) is 0 Å². The summed E-state index contributed by atoms with van der Waals surface area (Å²) in [5, 5.41) is 2.46. The lowest BCUT2D eigenvalue weighted by molar-refractivity contribution is -0.137. The van der Waals surface area contributed by atoms with Crippen LogP contribution in [0.5, 0.6) is 0 Å². The molecule has 0 N–H and O–H groups in total. The summed E-state index contributed by atoms with van der Waals surface area (Å²) in [5.74, 6) is -0.150. The summed E-state index contributed by atoms with van der Waals surface area (Å²) in [5.41, 5.74) is 0. The molecule has 0 aliphatic heterocycles. The van der Waals surface area contributed by atoms with Crippen molar-refractivity contribution in [1.29, 1.82) is 0 Å². The van der Waals surface area contributed by atoms with Crippen molar-refractivity contribution in [3.63, 3.8) is 0 Å². The molecule has 3 heteroatoms. The second-order valence-corrected chi connectivity index (χ2v) is 8.33. The Morgan fingerprint density at radius 1 is 0.947 bits per heavy atom. The zero-order valence-electron chi connectivity index (χ0n) is 11.2. The van der Waals surface area contributed by atoms with Crippen molar-refractivity contribution in [1.82, 2.24) is 0 Å². The highest BCUT2D eigenvalue weighted by atomic mass is 31.2. The van der Waals surface area contributed by atoms with Crippen molar-refractivity contribution in [2.75, 3.05) is 19.9 Å². The van der Waals surface area contributed by atoms with Crippen LogP contribution in [0.3, 0.4) is 0 Å². The van der Waals surface area contributed by atoms with E-state index in [1.54, 1.807) is 0 Å². The molecule has 0 amide bonds. The second-order valence-electron chi connectivity index (χ2n) is 4.60. The molecule has 0 heterocycles. The first-order chi connectivity index (χ1) is 9.16. The number of methoxy groups -OCH3 is 1. The lowest BCUT2D eigenvalue weighted by Crippen LogP contribution is -2.27. The third kappa shape index (κ3) is 3.02. The Morgan fingerprint density at radius 2 is 1.37 bits per heavy atom. The smallest absolute Gasteiger partial charge is 0.344 e. The van der Waals surface area contributed by atoms with Crippen molar-refractivity contribution in [3.8, 4) is 0 Å². The largest absolute Gasteiger partial charge is 0.466 e. The van der Waals surface area contributed by atoms with Crippen LogP contribution in [0, 0.1) is 0 Å². The molecule has 0 aromatic heterocycles. The molecular formula is C16H18O2P+. The van der Waals surface area contributed by atoms with E-state index in [2.05, 4.69) is 30.9 Å². The summed E-state index contributed by atoms with van der Waals surface area (Å²) in [4.78, 5) is 11.8. The summed E-state index contributed by atoms with van der Waals surface area (Å²) in [6, 6.07) is 20.5. The minimum absolute atomic E-state index is 0.150. The average molecular weight is 273 g/mol. The fourth-order valence-corrected chi connectivity index (χ4v) is 5.14. The first-order valence-corrected chi connectivity index (χ1v) is 8.62.